The Morgan fingerprint density at radius 1 is 1.15 bits per heavy atom. The molecule has 2 aromatic heterocycles. The summed E-state index contributed by atoms with van der Waals surface area (Å²) in [5.74, 6) is -0.490. The lowest BCUT2D eigenvalue weighted by atomic mass is 10.1. The zero-order valence-electron chi connectivity index (χ0n) is 21.4. The number of carbonyl (C=O) groups is 1. The summed E-state index contributed by atoms with van der Waals surface area (Å²) in [5, 5.41) is 14.6. The lowest BCUT2D eigenvalue weighted by Crippen LogP contribution is -2.39. The van der Waals surface area contributed by atoms with Crippen LogP contribution in [0.5, 0.6) is 11.5 Å². The number of hydrogen-bond donors (Lipinski definition) is 1. The van der Waals surface area contributed by atoms with E-state index in [4.69, 9.17) is 10.5 Å². The highest BCUT2D eigenvalue weighted by Gasteiger charge is 2.33. The number of halogens is 2. The first-order valence-electron chi connectivity index (χ1n) is 13.0. The standard InChI is InChI=1S/C29H25F2N7O2/c30-19-3-1-5-21(12-19)40-22-8-9-23(24(31)13-22)26-25-27(33)34-16-35-28(25)38(36-26)15-20-4-2-10-37(20)29(39)18(14-32)11-17-6-7-17/h1,3,5,8-9,11-13,16-17,20H,2,4,6-7,10,15H2,(H2,33,34,35)/b18-11-/t20-/m0/s1. The van der Waals surface area contributed by atoms with Crippen LogP contribution in [-0.2, 0) is 11.3 Å². The van der Waals surface area contributed by atoms with Crippen molar-refractivity contribution in [1.29, 1.82) is 5.26 Å². The third-order valence-corrected chi connectivity index (χ3v) is 7.18. The summed E-state index contributed by atoms with van der Waals surface area (Å²) in [4.78, 5) is 23.4. The number of nitriles is 1. The maximum atomic E-state index is 15.4. The van der Waals surface area contributed by atoms with Crippen molar-refractivity contribution in [2.75, 3.05) is 12.3 Å². The van der Waals surface area contributed by atoms with E-state index in [1.165, 1.54) is 36.7 Å². The van der Waals surface area contributed by atoms with Crippen molar-refractivity contribution in [2.24, 2.45) is 5.92 Å². The van der Waals surface area contributed by atoms with Gasteiger partial charge in [-0.25, -0.2) is 23.4 Å². The predicted molar refractivity (Wildman–Crippen MR) is 143 cm³/mol. The molecule has 0 unspecified atom stereocenters. The van der Waals surface area contributed by atoms with Crippen LogP contribution in [0.3, 0.4) is 0 Å². The molecule has 4 aromatic rings. The van der Waals surface area contributed by atoms with Gasteiger partial charge < -0.3 is 15.4 Å². The van der Waals surface area contributed by atoms with Crippen LogP contribution in [0, 0.1) is 28.9 Å². The largest absolute Gasteiger partial charge is 0.457 e. The first-order chi connectivity index (χ1) is 19.4. The number of likely N-dealkylation sites (tertiary alicyclic amines) is 1. The van der Waals surface area contributed by atoms with E-state index in [2.05, 4.69) is 21.1 Å². The third-order valence-electron chi connectivity index (χ3n) is 7.18. The van der Waals surface area contributed by atoms with Crippen LogP contribution < -0.4 is 10.5 Å². The number of hydrogen-bond acceptors (Lipinski definition) is 7. The molecule has 0 spiro atoms. The molecule has 1 saturated carbocycles. The summed E-state index contributed by atoms with van der Waals surface area (Å²) in [7, 11) is 0. The molecule has 2 aromatic carbocycles. The fraction of sp³-hybridized carbons (Fsp3) is 0.276. The maximum Gasteiger partial charge on any atom is 0.264 e. The van der Waals surface area contributed by atoms with E-state index >= 15 is 4.39 Å². The Kier molecular flexibility index (Phi) is 6.59. The number of fused-ring (bicyclic) bond motifs is 1. The second-order valence-corrected chi connectivity index (χ2v) is 10.0. The summed E-state index contributed by atoms with van der Waals surface area (Å²) < 4.78 is 36.2. The molecular weight excluding hydrogens is 516 g/mol. The highest BCUT2D eigenvalue weighted by Crippen LogP contribution is 2.35. The van der Waals surface area contributed by atoms with E-state index in [0.29, 0.717) is 30.0 Å². The number of benzene rings is 2. The normalized spacial score (nSPS) is 17.3. The summed E-state index contributed by atoms with van der Waals surface area (Å²) in [6.07, 6.45) is 6.61. The van der Waals surface area contributed by atoms with Gasteiger partial charge in [-0.15, -0.1) is 0 Å². The Balaban J connectivity index is 1.31. The van der Waals surface area contributed by atoms with Crippen LogP contribution in [0.4, 0.5) is 14.6 Å². The van der Waals surface area contributed by atoms with Crippen molar-refractivity contribution in [3.8, 4) is 28.8 Å². The number of rotatable bonds is 7. The highest BCUT2D eigenvalue weighted by molar-refractivity contribution is 5.99. The third kappa shape index (κ3) is 4.96. The maximum absolute atomic E-state index is 15.4. The van der Waals surface area contributed by atoms with Crippen molar-refractivity contribution >= 4 is 22.8 Å². The lowest BCUT2D eigenvalue weighted by Gasteiger charge is -2.24. The molecule has 1 saturated heterocycles. The molecule has 6 rings (SSSR count). The first kappa shape index (κ1) is 25.4. The molecule has 2 N–H and O–H groups in total. The number of aromatic nitrogens is 4. The zero-order valence-corrected chi connectivity index (χ0v) is 21.4. The average Bonchev–Trinajstić information content (AvgIpc) is 3.51. The average molecular weight is 542 g/mol. The molecule has 202 valence electrons. The van der Waals surface area contributed by atoms with Crippen LogP contribution >= 0.6 is 0 Å². The van der Waals surface area contributed by atoms with Crippen LogP contribution in [0.2, 0.25) is 0 Å². The molecule has 0 radical (unpaired) electrons. The molecule has 0 bridgehead atoms. The van der Waals surface area contributed by atoms with Crippen molar-refractivity contribution in [3.63, 3.8) is 0 Å². The Bertz CT molecular complexity index is 1690. The van der Waals surface area contributed by atoms with E-state index < -0.39 is 11.6 Å². The molecule has 1 aliphatic carbocycles. The van der Waals surface area contributed by atoms with Crippen molar-refractivity contribution in [2.45, 2.75) is 38.3 Å². The van der Waals surface area contributed by atoms with Crippen molar-refractivity contribution in [3.05, 3.63) is 72.1 Å². The Morgan fingerprint density at radius 3 is 2.73 bits per heavy atom. The molecule has 2 fully saturated rings. The molecule has 11 heteroatoms. The number of amides is 1. The highest BCUT2D eigenvalue weighted by atomic mass is 19.1. The van der Waals surface area contributed by atoms with Gasteiger partial charge in [0.2, 0.25) is 0 Å². The minimum absolute atomic E-state index is 0.143. The number of anilines is 1. The van der Waals surface area contributed by atoms with Gasteiger partial charge in [0.1, 0.15) is 52.6 Å². The van der Waals surface area contributed by atoms with Gasteiger partial charge in [0.15, 0.2) is 5.65 Å². The van der Waals surface area contributed by atoms with Crippen molar-refractivity contribution in [1.82, 2.24) is 24.6 Å². The molecule has 1 aliphatic heterocycles. The van der Waals surface area contributed by atoms with Crippen LogP contribution in [0.25, 0.3) is 22.3 Å². The van der Waals surface area contributed by atoms with E-state index in [9.17, 15) is 14.4 Å². The van der Waals surface area contributed by atoms with Gasteiger partial charge >= 0.3 is 0 Å². The topological polar surface area (TPSA) is 123 Å². The zero-order chi connectivity index (χ0) is 27.8. The molecule has 9 nitrogen and oxygen atoms in total. The minimum Gasteiger partial charge on any atom is -0.457 e. The summed E-state index contributed by atoms with van der Waals surface area (Å²) in [6, 6.07) is 11.7. The molecule has 1 amide bonds. The van der Waals surface area contributed by atoms with Gasteiger partial charge in [0, 0.05) is 24.2 Å². The smallest absolute Gasteiger partial charge is 0.264 e. The second kappa shape index (κ2) is 10.4. The fourth-order valence-electron chi connectivity index (χ4n) is 5.07. The van der Waals surface area contributed by atoms with Gasteiger partial charge in [-0.3, -0.25) is 4.79 Å². The number of ether oxygens (including phenoxy) is 1. The molecule has 2 aliphatic rings. The SMILES string of the molecule is N#C/C(=C/C1CC1)C(=O)N1CCC[C@H]1Cn1nc(-c2ccc(Oc3cccc(F)c3)cc2F)c2c(N)ncnc21. The molecular formula is C29H25F2N7O2. The van der Waals surface area contributed by atoms with Gasteiger partial charge in [0.25, 0.3) is 5.91 Å². The lowest BCUT2D eigenvalue weighted by molar-refractivity contribution is -0.127. The second-order valence-electron chi connectivity index (χ2n) is 10.0. The summed E-state index contributed by atoms with van der Waals surface area (Å²) in [6.45, 7) is 0.834. The van der Waals surface area contributed by atoms with Crippen molar-refractivity contribution < 1.29 is 18.3 Å². The van der Waals surface area contributed by atoms with Crippen LogP contribution in [0.1, 0.15) is 25.7 Å². The predicted octanol–water partition coefficient (Wildman–Crippen LogP) is 5.00. The van der Waals surface area contributed by atoms with Crippen LogP contribution in [-0.4, -0.2) is 43.1 Å². The Morgan fingerprint density at radius 2 is 1.98 bits per heavy atom. The number of nitrogen functional groups attached to an aromatic ring is 1. The van der Waals surface area contributed by atoms with E-state index in [0.717, 1.165) is 25.7 Å². The summed E-state index contributed by atoms with van der Waals surface area (Å²) in [5.41, 5.74) is 7.21. The van der Waals surface area contributed by atoms with E-state index in [-0.39, 0.29) is 46.1 Å². The monoisotopic (exact) mass is 541 g/mol. The first-order valence-corrected chi connectivity index (χ1v) is 13.0. The van der Waals surface area contributed by atoms with E-state index in [1.807, 2.05) is 0 Å². The van der Waals surface area contributed by atoms with Gasteiger partial charge in [0.05, 0.1) is 18.0 Å². The number of nitrogens with two attached hydrogens (primary N) is 1. The Labute approximate surface area is 228 Å². The van der Waals surface area contributed by atoms with Gasteiger partial charge in [-0.1, -0.05) is 12.1 Å². The van der Waals surface area contributed by atoms with Gasteiger partial charge in [-0.05, 0) is 55.9 Å². The number of allylic oxidation sites excluding steroid dienone is 1. The number of nitrogens with zero attached hydrogens (tertiary/aromatic N) is 6. The Hall–Kier alpha value is -4.85. The van der Waals surface area contributed by atoms with Crippen LogP contribution in [0.15, 0.2) is 60.4 Å². The molecule has 40 heavy (non-hydrogen) atoms. The summed E-state index contributed by atoms with van der Waals surface area (Å²) >= 11 is 0. The minimum atomic E-state index is -0.620. The fourth-order valence-corrected chi connectivity index (χ4v) is 5.07. The molecule has 1 atom stereocenters. The van der Waals surface area contributed by atoms with E-state index in [1.54, 1.807) is 27.8 Å². The molecule has 3 heterocycles. The van der Waals surface area contributed by atoms with Gasteiger partial charge in [-0.2, -0.15) is 10.4 Å². The number of carbonyl (C=O) groups excluding carboxylic acids is 1. The quantitative estimate of drug-likeness (QED) is 0.258.